The second kappa shape index (κ2) is 8.06. The molecule has 0 saturated heterocycles. The fourth-order valence-corrected chi connectivity index (χ4v) is 6.09. The Morgan fingerprint density at radius 3 is 2.25 bits per heavy atom. The minimum Gasteiger partial charge on any atom is -0.322 e. The van der Waals surface area contributed by atoms with Gasteiger partial charge in [-0.25, -0.2) is 12.8 Å². The molecule has 1 heterocycles. The summed E-state index contributed by atoms with van der Waals surface area (Å²) in [5, 5.41) is 2.99. The maximum absolute atomic E-state index is 13.3. The largest absolute Gasteiger partial charge is 0.322 e. The highest BCUT2D eigenvalue weighted by atomic mass is 32.2. The van der Waals surface area contributed by atoms with Gasteiger partial charge in [-0.05, 0) is 93.3 Å². The van der Waals surface area contributed by atoms with E-state index in [4.69, 9.17) is 0 Å². The van der Waals surface area contributed by atoms with Gasteiger partial charge in [0.1, 0.15) is 5.82 Å². The standard InChI is InChI=1S/C25H25FN2O3S/c1-15-11-16(2)24(17(3)12-15)27-25(29)19-5-10-23-20(14-19)13-18(4)28(23)32(30,31)22-8-6-21(26)7-9-22/h5-12,14,18H,13H2,1-4H3,(H,27,29)/t18-/m0/s1. The Labute approximate surface area is 187 Å². The Morgan fingerprint density at radius 1 is 1.00 bits per heavy atom. The molecular formula is C25H25FN2O3S. The first-order valence-electron chi connectivity index (χ1n) is 10.4. The number of carbonyl (C=O) groups excluding carboxylic acids is 1. The first-order chi connectivity index (χ1) is 15.1. The quantitative estimate of drug-likeness (QED) is 0.596. The highest BCUT2D eigenvalue weighted by molar-refractivity contribution is 7.92. The van der Waals surface area contributed by atoms with Crippen molar-refractivity contribution >= 4 is 27.3 Å². The predicted octanol–water partition coefficient (Wildman–Crippen LogP) is 5.14. The molecule has 1 aliphatic heterocycles. The number of halogens is 1. The molecule has 1 aliphatic rings. The van der Waals surface area contributed by atoms with Crippen LogP contribution in [0.4, 0.5) is 15.8 Å². The van der Waals surface area contributed by atoms with Gasteiger partial charge in [0.05, 0.1) is 10.6 Å². The van der Waals surface area contributed by atoms with Crippen molar-refractivity contribution in [2.45, 2.75) is 45.1 Å². The minimum atomic E-state index is -3.85. The van der Waals surface area contributed by atoms with Crippen LogP contribution in [0.3, 0.4) is 0 Å². The van der Waals surface area contributed by atoms with Gasteiger partial charge in [-0.3, -0.25) is 9.10 Å². The lowest BCUT2D eigenvalue weighted by atomic mass is 10.0. The first kappa shape index (κ1) is 22.0. The second-order valence-electron chi connectivity index (χ2n) is 8.38. The van der Waals surface area contributed by atoms with Gasteiger partial charge in [0.25, 0.3) is 15.9 Å². The van der Waals surface area contributed by atoms with Gasteiger partial charge in [0, 0.05) is 17.3 Å². The van der Waals surface area contributed by atoms with E-state index >= 15 is 0 Å². The van der Waals surface area contributed by atoms with Crippen molar-refractivity contribution in [3.05, 3.63) is 88.2 Å². The molecule has 32 heavy (non-hydrogen) atoms. The lowest BCUT2D eigenvalue weighted by molar-refractivity contribution is 0.102. The summed E-state index contributed by atoms with van der Waals surface area (Å²) in [6.07, 6.45) is 0.486. The second-order valence-corrected chi connectivity index (χ2v) is 10.2. The van der Waals surface area contributed by atoms with Gasteiger partial charge in [-0.2, -0.15) is 0 Å². The number of benzene rings is 3. The minimum absolute atomic E-state index is 0.0331. The molecule has 0 radical (unpaired) electrons. The van der Waals surface area contributed by atoms with Crippen molar-refractivity contribution < 1.29 is 17.6 Å². The van der Waals surface area contributed by atoms with Crippen LogP contribution in [-0.2, 0) is 16.4 Å². The zero-order valence-electron chi connectivity index (χ0n) is 18.4. The summed E-state index contributed by atoms with van der Waals surface area (Å²) in [6, 6.07) is 13.6. The molecule has 0 bridgehead atoms. The summed E-state index contributed by atoms with van der Waals surface area (Å²) in [6.45, 7) is 7.75. The van der Waals surface area contributed by atoms with E-state index in [-0.39, 0.29) is 16.8 Å². The molecule has 1 N–H and O–H groups in total. The molecule has 0 aromatic heterocycles. The zero-order valence-corrected chi connectivity index (χ0v) is 19.3. The molecule has 3 aromatic rings. The molecule has 0 spiro atoms. The maximum atomic E-state index is 13.3. The summed E-state index contributed by atoms with van der Waals surface area (Å²) < 4.78 is 41.0. The van der Waals surface area contributed by atoms with Gasteiger partial charge in [-0.1, -0.05) is 17.7 Å². The van der Waals surface area contributed by atoms with Gasteiger partial charge < -0.3 is 5.32 Å². The highest BCUT2D eigenvalue weighted by Gasteiger charge is 2.36. The van der Waals surface area contributed by atoms with Crippen molar-refractivity contribution in [1.29, 1.82) is 0 Å². The number of fused-ring (bicyclic) bond motifs is 1. The fraction of sp³-hybridized carbons (Fsp3) is 0.240. The molecule has 1 amide bonds. The third kappa shape index (κ3) is 3.88. The van der Waals surface area contributed by atoms with Crippen LogP contribution in [0.25, 0.3) is 0 Å². The average Bonchev–Trinajstić information content (AvgIpc) is 3.06. The van der Waals surface area contributed by atoms with Gasteiger partial charge in [0.15, 0.2) is 0 Å². The fourth-order valence-electron chi connectivity index (χ4n) is 4.39. The molecule has 0 fully saturated rings. The molecule has 166 valence electrons. The van der Waals surface area contributed by atoms with E-state index in [1.807, 2.05) is 39.8 Å². The van der Waals surface area contributed by atoms with Crippen LogP contribution < -0.4 is 9.62 Å². The predicted molar refractivity (Wildman–Crippen MR) is 124 cm³/mol. The summed E-state index contributed by atoms with van der Waals surface area (Å²) in [5.74, 6) is -0.733. The number of rotatable bonds is 4. The van der Waals surface area contributed by atoms with Crippen LogP contribution >= 0.6 is 0 Å². The molecule has 7 heteroatoms. The molecule has 1 atom stereocenters. The van der Waals surface area contributed by atoms with Crippen molar-refractivity contribution in [1.82, 2.24) is 0 Å². The number of nitrogens with zero attached hydrogens (tertiary/aromatic N) is 1. The van der Waals surface area contributed by atoms with Crippen molar-refractivity contribution in [3.63, 3.8) is 0 Å². The summed E-state index contributed by atoms with van der Waals surface area (Å²) in [4.78, 5) is 13.0. The van der Waals surface area contributed by atoms with Crippen LogP contribution in [0, 0.1) is 26.6 Å². The number of amides is 1. The zero-order chi connectivity index (χ0) is 23.2. The molecular weight excluding hydrogens is 427 g/mol. The average molecular weight is 453 g/mol. The van der Waals surface area contributed by atoms with Crippen molar-refractivity contribution in [3.8, 4) is 0 Å². The van der Waals surface area contributed by atoms with Crippen molar-refractivity contribution in [2.24, 2.45) is 0 Å². The maximum Gasteiger partial charge on any atom is 0.264 e. The normalized spacial score (nSPS) is 15.5. The summed E-state index contributed by atoms with van der Waals surface area (Å²) >= 11 is 0. The van der Waals surface area contributed by atoms with E-state index in [1.54, 1.807) is 18.2 Å². The number of sulfonamides is 1. The SMILES string of the molecule is Cc1cc(C)c(NC(=O)c2ccc3c(c2)C[C@H](C)N3S(=O)(=O)c2ccc(F)cc2)c(C)c1. The Bertz CT molecular complexity index is 1290. The topological polar surface area (TPSA) is 66.5 Å². The van der Waals surface area contributed by atoms with Crippen LogP contribution in [-0.4, -0.2) is 20.4 Å². The van der Waals surface area contributed by atoms with Gasteiger partial charge in [0.2, 0.25) is 0 Å². The molecule has 0 aliphatic carbocycles. The smallest absolute Gasteiger partial charge is 0.264 e. The Balaban J connectivity index is 1.64. The monoisotopic (exact) mass is 452 g/mol. The number of nitrogens with one attached hydrogen (secondary N) is 1. The van der Waals surface area contributed by atoms with Crippen LogP contribution in [0.5, 0.6) is 0 Å². The number of anilines is 2. The lowest BCUT2D eigenvalue weighted by Gasteiger charge is -2.24. The first-order valence-corrected chi connectivity index (χ1v) is 11.8. The third-order valence-electron chi connectivity index (χ3n) is 5.78. The Hall–Kier alpha value is -3.19. The van der Waals surface area contributed by atoms with E-state index in [9.17, 15) is 17.6 Å². The summed E-state index contributed by atoms with van der Waals surface area (Å²) in [7, 11) is -3.85. The van der Waals surface area contributed by atoms with Gasteiger partial charge in [-0.15, -0.1) is 0 Å². The lowest BCUT2D eigenvalue weighted by Crippen LogP contribution is -2.35. The van der Waals surface area contributed by atoms with Crippen LogP contribution in [0.15, 0.2) is 59.5 Å². The van der Waals surface area contributed by atoms with Gasteiger partial charge >= 0.3 is 0 Å². The van der Waals surface area contributed by atoms with E-state index in [0.717, 1.165) is 40.1 Å². The highest BCUT2D eigenvalue weighted by Crippen LogP contribution is 2.37. The van der Waals surface area contributed by atoms with Crippen LogP contribution in [0.2, 0.25) is 0 Å². The number of aryl methyl sites for hydroxylation is 3. The third-order valence-corrected chi connectivity index (χ3v) is 7.72. The van der Waals surface area contributed by atoms with Crippen molar-refractivity contribution in [2.75, 3.05) is 9.62 Å². The summed E-state index contributed by atoms with van der Waals surface area (Å²) in [5.41, 5.74) is 5.69. The molecule has 0 unspecified atom stereocenters. The number of hydrogen-bond acceptors (Lipinski definition) is 3. The van der Waals surface area contributed by atoms with E-state index in [0.29, 0.717) is 17.7 Å². The number of hydrogen-bond donors (Lipinski definition) is 1. The number of carbonyl (C=O) groups is 1. The Kier molecular flexibility index (Phi) is 5.54. The van der Waals surface area contributed by atoms with E-state index in [1.165, 1.54) is 16.4 Å². The van der Waals surface area contributed by atoms with E-state index < -0.39 is 15.8 Å². The molecule has 4 rings (SSSR count). The molecule has 5 nitrogen and oxygen atoms in total. The van der Waals surface area contributed by atoms with E-state index in [2.05, 4.69) is 5.32 Å². The molecule has 0 saturated carbocycles. The molecule has 3 aromatic carbocycles. The Morgan fingerprint density at radius 2 is 1.62 bits per heavy atom. The van der Waals surface area contributed by atoms with Crippen LogP contribution in [0.1, 0.15) is 39.5 Å².